The minimum Gasteiger partial charge on any atom is -0.493 e. The lowest BCUT2D eigenvalue weighted by Gasteiger charge is -2.09. The molecular weight excluding hydrogens is 668 g/mol. The molecule has 0 N–H and O–H groups in total. The summed E-state index contributed by atoms with van der Waals surface area (Å²) in [5, 5.41) is 10.8. The number of ether oxygens (including phenoxy) is 4. The van der Waals surface area contributed by atoms with E-state index in [1.54, 1.807) is 18.2 Å². The number of cyclic esters (lactones) is 1. The normalized spacial score (nSPS) is 13.6. The standard InChI is InChI=1S/C28H18Br2N2O9/c1-15(33)39-23-9-6-17(13-24(23)38-2)27-31-22(28(35)41-27)12-18-11-19(29)14-21(30)26(18)40-25(34)10-5-16-3-7-20(8-4-16)32(36)37/h3-14H,1-2H3/b10-5+,22-12-. The molecule has 1 aliphatic rings. The molecule has 0 aliphatic carbocycles. The number of nitro benzene ring substituents is 1. The first-order valence-electron chi connectivity index (χ1n) is 11.6. The third kappa shape index (κ3) is 7.32. The van der Waals surface area contributed by atoms with Gasteiger partial charge < -0.3 is 18.9 Å². The van der Waals surface area contributed by atoms with Crippen LogP contribution in [0.25, 0.3) is 12.2 Å². The van der Waals surface area contributed by atoms with Crippen LogP contribution in [0.1, 0.15) is 23.6 Å². The fourth-order valence-electron chi connectivity index (χ4n) is 3.52. The first-order valence-corrected chi connectivity index (χ1v) is 13.2. The number of hydrogen-bond acceptors (Lipinski definition) is 10. The van der Waals surface area contributed by atoms with Gasteiger partial charge in [-0.3, -0.25) is 14.9 Å². The van der Waals surface area contributed by atoms with Crippen molar-refractivity contribution in [2.45, 2.75) is 6.92 Å². The molecule has 3 aromatic carbocycles. The predicted octanol–water partition coefficient (Wildman–Crippen LogP) is 6.02. The van der Waals surface area contributed by atoms with Crippen molar-refractivity contribution >= 4 is 73.5 Å². The van der Waals surface area contributed by atoms with Crippen molar-refractivity contribution in [3.8, 4) is 17.2 Å². The van der Waals surface area contributed by atoms with Crippen LogP contribution in [0.4, 0.5) is 5.69 Å². The summed E-state index contributed by atoms with van der Waals surface area (Å²) in [7, 11) is 1.40. The van der Waals surface area contributed by atoms with Crippen LogP contribution >= 0.6 is 31.9 Å². The summed E-state index contributed by atoms with van der Waals surface area (Å²) in [5.41, 5.74) is 1.15. The Morgan fingerprint density at radius 1 is 1.02 bits per heavy atom. The monoisotopic (exact) mass is 684 g/mol. The number of esters is 3. The first-order chi connectivity index (χ1) is 19.5. The van der Waals surface area contributed by atoms with Gasteiger partial charge in [-0.1, -0.05) is 15.9 Å². The maximum Gasteiger partial charge on any atom is 0.363 e. The lowest BCUT2D eigenvalue weighted by molar-refractivity contribution is -0.384. The molecule has 13 heteroatoms. The molecule has 0 fully saturated rings. The molecule has 3 aromatic rings. The Morgan fingerprint density at radius 3 is 2.41 bits per heavy atom. The zero-order valence-electron chi connectivity index (χ0n) is 21.3. The third-order valence-electron chi connectivity index (χ3n) is 5.33. The fraction of sp³-hybridized carbons (Fsp3) is 0.0714. The number of carbonyl (C=O) groups is 3. The van der Waals surface area contributed by atoms with Gasteiger partial charge in [-0.15, -0.1) is 0 Å². The van der Waals surface area contributed by atoms with Crippen LogP contribution < -0.4 is 14.2 Å². The van der Waals surface area contributed by atoms with Gasteiger partial charge in [0.05, 0.1) is 16.5 Å². The molecule has 0 amide bonds. The third-order valence-corrected chi connectivity index (χ3v) is 6.38. The average Bonchev–Trinajstić information content (AvgIpc) is 3.29. The molecule has 41 heavy (non-hydrogen) atoms. The Hall–Kier alpha value is -4.62. The van der Waals surface area contributed by atoms with Crippen LogP contribution in [-0.2, 0) is 19.1 Å². The molecule has 11 nitrogen and oxygen atoms in total. The highest BCUT2D eigenvalue weighted by Crippen LogP contribution is 2.36. The van der Waals surface area contributed by atoms with Gasteiger partial charge >= 0.3 is 17.9 Å². The van der Waals surface area contributed by atoms with E-state index in [0.29, 0.717) is 25.6 Å². The van der Waals surface area contributed by atoms with Crippen LogP contribution in [0.15, 0.2) is 80.3 Å². The van der Waals surface area contributed by atoms with Crippen LogP contribution in [0.5, 0.6) is 17.2 Å². The van der Waals surface area contributed by atoms with Gasteiger partial charge in [-0.05, 0) is 76.1 Å². The summed E-state index contributed by atoms with van der Waals surface area (Å²) in [6.07, 6.45) is 4.01. The molecule has 0 spiro atoms. The Bertz CT molecular complexity index is 1660. The van der Waals surface area contributed by atoms with E-state index in [4.69, 9.17) is 18.9 Å². The Balaban J connectivity index is 1.60. The van der Waals surface area contributed by atoms with Crippen LogP contribution in [0.3, 0.4) is 0 Å². The molecule has 0 saturated heterocycles. The van der Waals surface area contributed by atoms with E-state index >= 15 is 0 Å². The molecule has 0 atom stereocenters. The molecule has 0 radical (unpaired) electrons. The van der Waals surface area contributed by atoms with Gasteiger partial charge in [-0.2, -0.15) is 0 Å². The van der Waals surface area contributed by atoms with E-state index in [2.05, 4.69) is 36.9 Å². The van der Waals surface area contributed by atoms with E-state index < -0.39 is 22.8 Å². The van der Waals surface area contributed by atoms with Crippen molar-refractivity contribution in [2.75, 3.05) is 7.11 Å². The van der Waals surface area contributed by atoms with Gasteiger partial charge in [0, 0.05) is 40.7 Å². The summed E-state index contributed by atoms with van der Waals surface area (Å²) in [5.74, 6) is -1.46. The molecular formula is C28H18Br2N2O9. The average molecular weight is 686 g/mol. The molecule has 0 aromatic heterocycles. The van der Waals surface area contributed by atoms with Crippen LogP contribution in [-0.4, -0.2) is 35.8 Å². The molecule has 1 aliphatic heterocycles. The van der Waals surface area contributed by atoms with Crippen molar-refractivity contribution in [1.82, 2.24) is 0 Å². The number of aliphatic imine (C=N–C) groups is 1. The fourth-order valence-corrected chi connectivity index (χ4v) is 4.86. The van der Waals surface area contributed by atoms with E-state index in [9.17, 15) is 24.5 Å². The summed E-state index contributed by atoms with van der Waals surface area (Å²) in [4.78, 5) is 51.2. The summed E-state index contributed by atoms with van der Waals surface area (Å²) in [6, 6.07) is 13.5. The van der Waals surface area contributed by atoms with Gasteiger partial charge in [0.15, 0.2) is 22.9 Å². The topological polar surface area (TPSA) is 144 Å². The zero-order valence-corrected chi connectivity index (χ0v) is 24.4. The number of carbonyl (C=O) groups excluding carboxylic acids is 3. The summed E-state index contributed by atoms with van der Waals surface area (Å²) < 4.78 is 22.3. The first kappa shape index (κ1) is 29.4. The van der Waals surface area contributed by atoms with Crippen molar-refractivity contribution in [2.24, 2.45) is 4.99 Å². The van der Waals surface area contributed by atoms with Crippen LogP contribution in [0, 0.1) is 10.1 Å². The van der Waals surface area contributed by atoms with Crippen molar-refractivity contribution in [3.63, 3.8) is 0 Å². The number of halogens is 2. The second-order valence-corrected chi connectivity index (χ2v) is 9.97. The molecule has 1 heterocycles. The number of rotatable bonds is 8. The zero-order chi connectivity index (χ0) is 29.7. The van der Waals surface area contributed by atoms with Crippen molar-refractivity contribution in [3.05, 3.63) is 102 Å². The molecule has 4 rings (SSSR count). The quantitative estimate of drug-likeness (QED) is 0.0914. The number of nitro groups is 1. The molecule has 0 bridgehead atoms. The Kier molecular flexibility index (Phi) is 9.10. The smallest absolute Gasteiger partial charge is 0.363 e. The van der Waals surface area contributed by atoms with Gasteiger partial charge in [0.2, 0.25) is 5.90 Å². The summed E-state index contributed by atoms with van der Waals surface area (Å²) in [6.45, 7) is 1.26. The number of nitrogens with zero attached hydrogens (tertiary/aromatic N) is 2. The van der Waals surface area contributed by atoms with Gasteiger partial charge in [0.25, 0.3) is 5.69 Å². The highest BCUT2D eigenvalue weighted by Gasteiger charge is 2.26. The lowest BCUT2D eigenvalue weighted by atomic mass is 10.1. The highest BCUT2D eigenvalue weighted by molar-refractivity contribution is 9.11. The summed E-state index contributed by atoms with van der Waals surface area (Å²) >= 11 is 6.75. The second kappa shape index (κ2) is 12.7. The van der Waals surface area contributed by atoms with Crippen molar-refractivity contribution < 1.29 is 38.3 Å². The number of non-ortho nitro benzene ring substituents is 1. The lowest BCUT2D eigenvalue weighted by Crippen LogP contribution is -2.07. The minimum atomic E-state index is -0.741. The van der Waals surface area contributed by atoms with Gasteiger partial charge in [-0.25, -0.2) is 14.6 Å². The second-order valence-electron chi connectivity index (χ2n) is 8.20. The van der Waals surface area contributed by atoms with Crippen molar-refractivity contribution in [1.29, 1.82) is 0 Å². The Labute approximate surface area is 249 Å². The molecule has 208 valence electrons. The van der Waals surface area contributed by atoms with E-state index in [-0.39, 0.29) is 34.5 Å². The predicted molar refractivity (Wildman–Crippen MR) is 155 cm³/mol. The Morgan fingerprint density at radius 2 is 1.76 bits per heavy atom. The number of hydrogen-bond donors (Lipinski definition) is 0. The van der Waals surface area contributed by atoms with Gasteiger partial charge in [0.1, 0.15) is 0 Å². The largest absolute Gasteiger partial charge is 0.493 e. The minimum absolute atomic E-state index is 0.00689. The maximum absolute atomic E-state index is 12.7. The SMILES string of the molecule is COc1cc(C2=N/C(=C\c3cc(Br)cc(Br)c3OC(=O)/C=C/c3ccc([N+](=O)[O-])cc3)C(=O)O2)ccc1OC(C)=O. The number of methoxy groups -OCH3 is 1. The maximum atomic E-state index is 12.7. The number of benzene rings is 3. The van der Waals surface area contributed by atoms with E-state index in [1.807, 2.05) is 0 Å². The molecule has 0 saturated carbocycles. The van der Waals surface area contributed by atoms with E-state index in [1.165, 1.54) is 68.7 Å². The highest BCUT2D eigenvalue weighted by atomic mass is 79.9. The molecule has 0 unspecified atom stereocenters. The van der Waals surface area contributed by atoms with E-state index in [0.717, 1.165) is 0 Å². The van der Waals surface area contributed by atoms with Crippen LogP contribution in [0.2, 0.25) is 0 Å².